The molecular weight excluding hydrogens is 403 g/mol. The van der Waals surface area contributed by atoms with Gasteiger partial charge in [-0.05, 0) is 49.6 Å². The molecule has 0 atom stereocenters. The number of carbonyl (C=O) groups is 1. The number of alkyl halides is 3. The average Bonchev–Trinajstić information content (AvgIpc) is 2.91. The first-order valence-electron chi connectivity index (χ1n) is 10.1. The number of aromatic nitrogens is 2. The van der Waals surface area contributed by atoms with Gasteiger partial charge >= 0.3 is 12.5 Å². The number of rotatable bonds is 7. The van der Waals surface area contributed by atoms with E-state index in [1.807, 2.05) is 10.9 Å². The van der Waals surface area contributed by atoms with E-state index >= 15 is 0 Å². The lowest BCUT2D eigenvalue weighted by Gasteiger charge is -2.69. The maximum atomic E-state index is 12.2. The predicted octanol–water partition coefficient (Wildman–Crippen LogP) is 4.36. The molecule has 0 aromatic carbocycles. The highest BCUT2D eigenvalue weighted by atomic mass is 28.3. The molecule has 0 radical (unpaired) electrons. The van der Waals surface area contributed by atoms with Crippen LogP contribution in [0, 0.1) is 0 Å². The standard InChI is InChI=1S/C19H28F3N3O3Si/c1-29(2,3)5-4-27-16(26)24-17-10-18(11-17,12-17)25-9-14(8-23-25)13-6-15(7-13)28-19(20,21)22/h8-9,13,15H,4-7,10-12H2,1-3H3,(H,24,26)/t13-,15+,17?,18?. The number of amides is 1. The first-order valence-corrected chi connectivity index (χ1v) is 13.8. The molecule has 29 heavy (non-hydrogen) atoms. The van der Waals surface area contributed by atoms with Crippen LogP contribution in [0.3, 0.4) is 0 Å². The molecule has 1 amide bonds. The number of nitrogens with zero attached hydrogens (tertiary/aromatic N) is 2. The summed E-state index contributed by atoms with van der Waals surface area (Å²) in [6, 6.07) is 0.948. The van der Waals surface area contributed by atoms with Gasteiger partial charge in [-0.1, -0.05) is 19.6 Å². The molecule has 0 aliphatic heterocycles. The smallest absolute Gasteiger partial charge is 0.450 e. The normalized spacial score (nSPS) is 33.3. The summed E-state index contributed by atoms with van der Waals surface area (Å²) in [5.74, 6) is 0.0666. The van der Waals surface area contributed by atoms with E-state index < -0.39 is 20.5 Å². The second-order valence-electron chi connectivity index (χ2n) is 10.2. The summed E-state index contributed by atoms with van der Waals surface area (Å²) in [6.07, 6.45) is 1.21. The summed E-state index contributed by atoms with van der Waals surface area (Å²) in [4.78, 5) is 12.0. The van der Waals surface area contributed by atoms with Crippen LogP contribution in [0.25, 0.3) is 0 Å². The highest BCUT2D eigenvalue weighted by Crippen LogP contribution is 2.65. The molecule has 0 saturated heterocycles. The van der Waals surface area contributed by atoms with Crippen LogP contribution in [0.15, 0.2) is 12.4 Å². The summed E-state index contributed by atoms with van der Waals surface area (Å²) in [5, 5.41) is 7.46. The third-order valence-corrected chi connectivity index (χ3v) is 8.11. The topological polar surface area (TPSA) is 65.4 Å². The van der Waals surface area contributed by atoms with Crippen molar-refractivity contribution in [3.63, 3.8) is 0 Å². The molecule has 1 aromatic heterocycles. The van der Waals surface area contributed by atoms with Crippen molar-refractivity contribution in [1.29, 1.82) is 0 Å². The van der Waals surface area contributed by atoms with Gasteiger partial charge in [0.2, 0.25) is 0 Å². The van der Waals surface area contributed by atoms with Crippen LogP contribution in [-0.2, 0) is 15.0 Å². The molecule has 2 bridgehead atoms. The van der Waals surface area contributed by atoms with E-state index in [4.69, 9.17) is 4.74 Å². The fourth-order valence-corrected chi connectivity index (χ4v) is 5.46. The zero-order valence-corrected chi connectivity index (χ0v) is 18.0. The van der Waals surface area contributed by atoms with Gasteiger partial charge in [0.15, 0.2) is 0 Å². The quantitative estimate of drug-likeness (QED) is 0.652. The first-order chi connectivity index (χ1) is 13.4. The van der Waals surface area contributed by atoms with E-state index in [0.717, 1.165) is 30.9 Å². The lowest BCUT2D eigenvalue weighted by atomic mass is 9.44. The van der Waals surface area contributed by atoms with Gasteiger partial charge in [-0.15, -0.1) is 13.2 Å². The Morgan fingerprint density at radius 2 is 1.97 bits per heavy atom. The first kappa shape index (κ1) is 20.7. The van der Waals surface area contributed by atoms with E-state index in [-0.39, 0.29) is 23.1 Å². The lowest BCUT2D eigenvalue weighted by Crippen LogP contribution is -2.78. The van der Waals surface area contributed by atoms with Crippen LogP contribution in [0.5, 0.6) is 0 Å². The van der Waals surface area contributed by atoms with E-state index in [1.165, 1.54) is 0 Å². The predicted molar refractivity (Wildman–Crippen MR) is 102 cm³/mol. The third kappa shape index (κ3) is 4.33. The SMILES string of the molecule is C[Si](C)(C)CCOC(=O)NC12CC(n3cc([C@H]4C[C@@H](OC(F)(F)F)C4)cn3)(C1)C2. The van der Waals surface area contributed by atoms with Crippen molar-refractivity contribution in [3.8, 4) is 0 Å². The molecule has 4 aliphatic rings. The molecule has 1 aromatic rings. The Labute approximate surface area is 169 Å². The van der Waals surface area contributed by atoms with Gasteiger partial charge in [0.25, 0.3) is 0 Å². The van der Waals surface area contributed by atoms with Crippen molar-refractivity contribution in [2.45, 2.75) is 87.3 Å². The van der Waals surface area contributed by atoms with Gasteiger partial charge < -0.3 is 10.1 Å². The Bertz CT molecular complexity index is 764. The summed E-state index contributed by atoms with van der Waals surface area (Å²) < 4.78 is 48.1. The van der Waals surface area contributed by atoms with Crippen molar-refractivity contribution in [3.05, 3.63) is 18.0 Å². The average molecular weight is 432 g/mol. The summed E-state index contributed by atoms with van der Waals surface area (Å²) in [5.41, 5.74) is 0.699. The molecule has 4 fully saturated rings. The van der Waals surface area contributed by atoms with Gasteiger partial charge in [-0.25, -0.2) is 4.79 Å². The summed E-state index contributed by atoms with van der Waals surface area (Å²) in [6.45, 7) is 7.19. The molecule has 10 heteroatoms. The second-order valence-corrected chi connectivity index (χ2v) is 15.8. The monoisotopic (exact) mass is 431 g/mol. The van der Waals surface area contributed by atoms with Crippen LogP contribution in [-0.4, -0.2) is 48.6 Å². The number of ether oxygens (including phenoxy) is 2. The Kier molecular flexibility index (Phi) is 4.81. The highest BCUT2D eigenvalue weighted by molar-refractivity contribution is 6.76. The molecule has 5 rings (SSSR count). The van der Waals surface area contributed by atoms with Crippen molar-refractivity contribution < 1.29 is 27.4 Å². The minimum atomic E-state index is -4.57. The van der Waals surface area contributed by atoms with E-state index in [9.17, 15) is 18.0 Å². The Hall–Kier alpha value is -1.55. The largest absolute Gasteiger partial charge is 0.522 e. The van der Waals surface area contributed by atoms with Gasteiger partial charge in [0.05, 0.1) is 30.0 Å². The van der Waals surface area contributed by atoms with Crippen molar-refractivity contribution in [1.82, 2.24) is 15.1 Å². The molecular formula is C19H28F3N3O3Si. The van der Waals surface area contributed by atoms with Crippen molar-refractivity contribution in [2.24, 2.45) is 0 Å². The van der Waals surface area contributed by atoms with Crippen LogP contribution in [0.1, 0.15) is 43.6 Å². The number of nitrogens with one attached hydrogen (secondary N) is 1. The summed E-state index contributed by atoms with van der Waals surface area (Å²) >= 11 is 0. The second kappa shape index (κ2) is 6.73. The molecule has 0 spiro atoms. The van der Waals surface area contributed by atoms with Crippen molar-refractivity contribution in [2.75, 3.05) is 6.61 Å². The molecule has 6 nitrogen and oxygen atoms in total. The molecule has 1 N–H and O–H groups in total. The Morgan fingerprint density at radius 3 is 2.55 bits per heavy atom. The minimum absolute atomic E-state index is 0.0666. The Balaban J connectivity index is 1.22. The van der Waals surface area contributed by atoms with Crippen molar-refractivity contribution >= 4 is 14.2 Å². The van der Waals surface area contributed by atoms with Gasteiger partial charge in [-0.2, -0.15) is 5.10 Å². The fourth-order valence-electron chi connectivity index (χ4n) is 4.74. The van der Waals surface area contributed by atoms with E-state index in [0.29, 0.717) is 19.4 Å². The Morgan fingerprint density at radius 1 is 1.31 bits per heavy atom. The van der Waals surface area contributed by atoms with E-state index in [2.05, 4.69) is 34.8 Å². The zero-order chi connectivity index (χ0) is 21.1. The summed E-state index contributed by atoms with van der Waals surface area (Å²) in [7, 11) is -1.23. The fraction of sp³-hybridized carbons (Fsp3) is 0.789. The number of halogens is 3. The van der Waals surface area contributed by atoms with Gasteiger partial charge in [0, 0.05) is 14.3 Å². The molecule has 4 aliphatic carbocycles. The van der Waals surface area contributed by atoms with Crippen LogP contribution >= 0.6 is 0 Å². The lowest BCUT2D eigenvalue weighted by molar-refractivity contribution is -0.351. The van der Waals surface area contributed by atoms with Crippen LogP contribution in [0.4, 0.5) is 18.0 Å². The molecule has 0 unspecified atom stereocenters. The third-order valence-electron chi connectivity index (χ3n) is 6.41. The maximum absolute atomic E-state index is 12.2. The van der Waals surface area contributed by atoms with E-state index in [1.54, 1.807) is 6.20 Å². The highest BCUT2D eigenvalue weighted by Gasteiger charge is 2.70. The maximum Gasteiger partial charge on any atom is 0.522 e. The van der Waals surface area contributed by atoms with Gasteiger partial charge in [0.1, 0.15) is 0 Å². The molecule has 1 heterocycles. The number of hydrogen-bond acceptors (Lipinski definition) is 4. The van der Waals surface area contributed by atoms with Gasteiger partial charge in [-0.3, -0.25) is 9.42 Å². The zero-order valence-electron chi connectivity index (χ0n) is 17.0. The molecule has 162 valence electrons. The number of carbonyl (C=O) groups excluding carboxylic acids is 1. The number of hydrogen-bond donors (Lipinski definition) is 1. The molecule has 4 saturated carbocycles. The van der Waals surface area contributed by atoms with Crippen LogP contribution in [0.2, 0.25) is 25.7 Å². The number of alkyl carbamates (subject to hydrolysis) is 1. The minimum Gasteiger partial charge on any atom is -0.450 e. The van der Waals surface area contributed by atoms with Crippen LogP contribution < -0.4 is 5.32 Å².